The van der Waals surface area contributed by atoms with Crippen LogP contribution in [-0.2, 0) is 11.2 Å². The first-order valence-electron chi connectivity index (χ1n) is 5.48. The van der Waals surface area contributed by atoms with Crippen LogP contribution < -0.4 is 10.6 Å². The van der Waals surface area contributed by atoms with E-state index in [-0.39, 0.29) is 18.3 Å². The third-order valence-electron chi connectivity index (χ3n) is 2.27. The fourth-order valence-corrected chi connectivity index (χ4v) is 2.94. The fourth-order valence-electron chi connectivity index (χ4n) is 1.40. The lowest BCUT2D eigenvalue weighted by Gasteiger charge is -2.04. The number of likely N-dealkylation sites (N-methyl/N-ethyl adjacent to an activating group) is 1. The maximum atomic E-state index is 11.4. The molecule has 1 aromatic rings. The smallest absolute Gasteiger partial charge is 0.220 e. The van der Waals surface area contributed by atoms with Crippen LogP contribution in [0.15, 0.2) is 6.07 Å². The summed E-state index contributed by atoms with van der Waals surface area (Å²) in [5, 5.41) is 5.80. The fraction of sp³-hybridized carbons (Fsp3) is 0.545. The first-order valence-corrected chi connectivity index (χ1v) is 7.05. The second-order valence-electron chi connectivity index (χ2n) is 3.66. The van der Waals surface area contributed by atoms with Gasteiger partial charge in [-0.2, -0.15) is 0 Å². The predicted molar refractivity (Wildman–Crippen MR) is 81.5 cm³/mol. The number of rotatable bonds is 7. The lowest BCUT2D eigenvalue weighted by molar-refractivity contribution is -0.121. The van der Waals surface area contributed by atoms with Gasteiger partial charge in [-0.15, -0.1) is 23.7 Å². The molecule has 1 aromatic heterocycles. The Bertz CT molecular complexity index is 371. The number of halogens is 3. The Morgan fingerprint density at radius 2 is 2.11 bits per heavy atom. The van der Waals surface area contributed by atoms with Crippen molar-refractivity contribution in [2.75, 3.05) is 20.1 Å². The first kappa shape index (κ1) is 18.0. The number of amides is 1. The van der Waals surface area contributed by atoms with Gasteiger partial charge in [0.05, 0.1) is 8.67 Å². The Morgan fingerprint density at radius 3 is 2.67 bits per heavy atom. The summed E-state index contributed by atoms with van der Waals surface area (Å²) in [4.78, 5) is 11.4. The number of carbonyl (C=O) groups excluding carboxylic acids is 1. The molecule has 7 heteroatoms. The van der Waals surface area contributed by atoms with E-state index >= 15 is 0 Å². The van der Waals surface area contributed by atoms with Crippen LogP contribution >= 0.6 is 46.9 Å². The molecule has 2 N–H and O–H groups in total. The summed E-state index contributed by atoms with van der Waals surface area (Å²) in [6, 6.07) is 1.87. The number of hydrogen-bond donors (Lipinski definition) is 2. The number of aryl methyl sites for hydroxylation is 1. The van der Waals surface area contributed by atoms with E-state index < -0.39 is 0 Å². The third-order valence-corrected chi connectivity index (χ3v) is 3.84. The Kier molecular flexibility index (Phi) is 9.87. The van der Waals surface area contributed by atoms with Crippen LogP contribution in [0.25, 0.3) is 0 Å². The molecule has 3 nitrogen and oxygen atoms in total. The van der Waals surface area contributed by atoms with Crippen molar-refractivity contribution >= 4 is 52.9 Å². The van der Waals surface area contributed by atoms with E-state index in [4.69, 9.17) is 23.2 Å². The van der Waals surface area contributed by atoms with Gasteiger partial charge in [0.1, 0.15) is 0 Å². The van der Waals surface area contributed by atoms with Crippen molar-refractivity contribution in [2.45, 2.75) is 19.3 Å². The van der Waals surface area contributed by atoms with Crippen LogP contribution in [0.3, 0.4) is 0 Å². The molecule has 0 saturated heterocycles. The minimum Gasteiger partial charge on any atom is -0.355 e. The Balaban J connectivity index is 0.00000289. The molecule has 0 spiro atoms. The molecule has 0 bridgehead atoms. The zero-order valence-corrected chi connectivity index (χ0v) is 13.2. The molecule has 0 saturated carbocycles. The highest BCUT2D eigenvalue weighted by atomic mass is 35.5. The maximum absolute atomic E-state index is 11.4. The van der Waals surface area contributed by atoms with Crippen LogP contribution in [-0.4, -0.2) is 26.0 Å². The largest absolute Gasteiger partial charge is 0.355 e. The normalized spacial score (nSPS) is 9.94. The summed E-state index contributed by atoms with van der Waals surface area (Å²) < 4.78 is 1.43. The van der Waals surface area contributed by atoms with Crippen LogP contribution in [0.1, 0.15) is 18.4 Å². The lowest BCUT2D eigenvalue weighted by atomic mass is 10.1. The highest BCUT2D eigenvalue weighted by Gasteiger charge is 2.07. The monoisotopic (exact) mass is 330 g/mol. The number of nitrogens with one attached hydrogen (secondary N) is 2. The summed E-state index contributed by atoms with van der Waals surface area (Å²) in [7, 11) is 1.86. The van der Waals surface area contributed by atoms with Gasteiger partial charge in [-0.05, 0) is 31.5 Å². The quantitative estimate of drug-likeness (QED) is 0.754. The van der Waals surface area contributed by atoms with E-state index in [2.05, 4.69) is 10.6 Å². The van der Waals surface area contributed by atoms with Gasteiger partial charge in [-0.1, -0.05) is 23.2 Å². The van der Waals surface area contributed by atoms with E-state index in [0.717, 1.165) is 29.3 Å². The van der Waals surface area contributed by atoms with Crippen LogP contribution in [0.5, 0.6) is 0 Å². The van der Waals surface area contributed by atoms with E-state index in [0.29, 0.717) is 17.3 Å². The molecule has 0 fully saturated rings. The van der Waals surface area contributed by atoms with Gasteiger partial charge in [0.15, 0.2) is 0 Å². The maximum Gasteiger partial charge on any atom is 0.220 e. The van der Waals surface area contributed by atoms with Gasteiger partial charge < -0.3 is 10.6 Å². The zero-order chi connectivity index (χ0) is 12.7. The highest BCUT2D eigenvalue weighted by Crippen LogP contribution is 2.31. The summed E-state index contributed by atoms with van der Waals surface area (Å²) in [6.07, 6.45) is 2.10. The summed E-state index contributed by atoms with van der Waals surface area (Å²) in [5.74, 6) is 0.0812. The minimum atomic E-state index is 0. The van der Waals surface area contributed by atoms with E-state index in [9.17, 15) is 4.79 Å². The Morgan fingerprint density at radius 1 is 1.39 bits per heavy atom. The van der Waals surface area contributed by atoms with Crippen molar-refractivity contribution in [3.8, 4) is 0 Å². The summed E-state index contributed by atoms with van der Waals surface area (Å²) in [6.45, 7) is 1.46. The average Bonchev–Trinajstić information content (AvgIpc) is 2.58. The molecule has 0 radical (unpaired) electrons. The minimum absolute atomic E-state index is 0. The molecule has 0 unspecified atom stereocenters. The first-order chi connectivity index (χ1) is 8.13. The van der Waals surface area contributed by atoms with Gasteiger partial charge in [-0.3, -0.25) is 4.79 Å². The molecule has 0 aromatic carbocycles. The zero-order valence-electron chi connectivity index (χ0n) is 10.1. The molecular formula is C11H17Cl3N2OS. The summed E-state index contributed by atoms with van der Waals surface area (Å²) in [5.41, 5.74) is 1.03. The van der Waals surface area contributed by atoms with E-state index in [1.165, 1.54) is 11.3 Å². The van der Waals surface area contributed by atoms with Gasteiger partial charge >= 0.3 is 0 Å². The molecule has 1 rings (SSSR count). The van der Waals surface area contributed by atoms with Gasteiger partial charge in [0.2, 0.25) is 5.91 Å². The standard InChI is InChI=1S/C11H16Cl2N2OS.ClH/c1-14-5-6-15-10(16)4-2-3-8-7-9(12)17-11(8)13;/h7,14H,2-6H2,1H3,(H,15,16);1H. The molecule has 1 heterocycles. The molecule has 1 amide bonds. The van der Waals surface area contributed by atoms with Crippen molar-refractivity contribution in [3.05, 3.63) is 20.3 Å². The number of carbonyl (C=O) groups is 1. The molecule has 0 aliphatic rings. The SMILES string of the molecule is CNCCNC(=O)CCCc1cc(Cl)sc1Cl.Cl. The molecule has 18 heavy (non-hydrogen) atoms. The van der Waals surface area contributed by atoms with Crippen LogP contribution in [0.2, 0.25) is 8.67 Å². The highest BCUT2D eigenvalue weighted by molar-refractivity contribution is 7.20. The van der Waals surface area contributed by atoms with Gasteiger partial charge in [-0.25, -0.2) is 0 Å². The topological polar surface area (TPSA) is 41.1 Å². The van der Waals surface area contributed by atoms with Crippen molar-refractivity contribution < 1.29 is 4.79 Å². The third kappa shape index (κ3) is 6.81. The van der Waals surface area contributed by atoms with E-state index in [1.807, 2.05) is 13.1 Å². The van der Waals surface area contributed by atoms with Crippen molar-refractivity contribution in [3.63, 3.8) is 0 Å². The van der Waals surface area contributed by atoms with Crippen LogP contribution in [0, 0.1) is 0 Å². The predicted octanol–water partition coefficient (Wildman–Crippen LogP) is 3.14. The molecular weight excluding hydrogens is 315 g/mol. The van der Waals surface area contributed by atoms with Crippen molar-refractivity contribution in [1.29, 1.82) is 0 Å². The van der Waals surface area contributed by atoms with Gasteiger partial charge in [0, 0.05) is 19.5 Å². The lowest BCUT2D eigenvalue weighted by Crippen LogP contribution is -2.30. The van der Waals surface area contributed by atoms with Crippen molar-refractivity contribution in [2.24, 2.45) is 0 Å². The second kappa shape index (κ2) is 9.87. The average molecular weight is 332 g/mol. The van der Waals surface area contributed by atoms with E-state index in [1.54, 1.807) is 0 Å². The van der Waals surface area contributed by atoms with Crippen molar-refractivity contribution in [1.82, 2.24) is 10.6 Å². The number of hydrogen-bond acceptors (Lipinski definition) is 3. The molecule has 0 atom stereocenters. The van der Waals surface area contributed by atoms with Crippen LogP contribution in [0.4, 0.5) is 0 Å². The Hall–Kier alpha value is -0.000000000000000222. The number of thiophene rings is 1. The summed E-state index contributed by atoms with van der Waals surface area (Å²) >= 11 is 13.2. The molecule has 104 valence electrons. The Labute approximate surface area is 128 Å². The molecule has 0 aliphatic carbocycles. The van der Waals surface area contributed by atoms with Gasteiger partial charge in [0.25, 0.3) is 0 Å². The second-order valence-corrected chi connectivity index (χ2v) is 5.94. The molecule has 0 aliphatic heterocycles.